The fourth-order valence-electron chi connectivity index (χ4n) is 2.36. The van der Waals surface area contributed by atoms with Crippen LogP contribution in [0.25, 0.3) is 0 Å². The molecule has 2 atom stereocenters. The summed E-state index contributed by atoms with van der Waals surface area (Å²) < 4.78 is 12.5. The maximum absolute atomic E-state index is 12.5. The number of urea groups is 1. The van der Waals surface area contributed by atoms with E-state index < -0.39 is 29.2 Å². The first-order chi connectivity index (χ1) is 10.5. The molecule has 5 nitrogen and oxygen atoms in total. The fourth-order valence-corrected chi connectivity index (χ4v) is 3.88. The lowest BCUT2D eigenvalue weighted by atomic mass is 10.1. The standard InChI is InChI=1S/C15H19ClN2O3S/c1-2-3-4-5-8-22(21)12-7-6-10(16)9-11(12)13-14(19)18-15(20)17-13/h6-7,9,13H,2-5,8H2,1H3,(H2,17,18,19,20). The Labute approximate surface area is 138 Å². The number of carbonyl (C=O) groups is 2. The number of carbonyl (C=O) groups excluding carboxylic acids is 2. The lowest BCUT2D eigenvalue weighted by Crippen LogP contribution is -2.23. The highest BCUT2D eigenvalue weighted by atomic mass is 35.5. The summed E-state index contributed by atoms with van der Waals surface area (Å²) in [5.41, 5.74) is 0.504. The van der Waals surface area contributed by atoms with Gasteiger partial charge in [0.05, 0.1) is 0 Å². The van der Waals surface area contributed by atoms with Crippen LogP contribution in [-0.2, 0) is 16.0 Å². The molecule has 1 saturated heterocycles. The molecule has 0 radical (unpaired) electrons. The molecule has 0 saturated carbocycles. The summed E-state index contributed by atoms with van der Waals surface area (Å²) in [5.74, 6) is 0.0909. The molecule has 0 bridgehead atoms. The van der Waals surface area contributed by atoms with Gasteiger partial charge >= 0.3 is 6.03 Å². The van der Waals surface area contributed by atoms with E-state index in [1.807, 2.05) is 0 Å². The van der Waals surface area contributed by atoms with Crippen molar-refractivity contribution in [2.75, 3.05) is 5.75 Å². The summed E-state index contributed by atoms with van der Waals surface area (Å²) in [7, 11) is 0. The predicted molar refractivity (Wildman–Crippen MR) is 86.3 cm³/mol. The van der Waals surface area contributed by atoms with E-state index in [2.05, 4.69) is 17.6 Å². The summed E-state index contributed by atoms with van der Waals surface area (Å²) in [6.07, 6.45) is 4.14. The van der Waals surface area contributed by atoms with Crippen molar-refractivity contribution in [1.29, 1.82) is 0 Å². The van der Waals surface area contributed by atoms with Crippen molar-refractivity contribution < 1.29 is 14.1 Å². The number of hydrogen-bond acceptors (Lipinski definition) is 3. The first kappa shape index (κ1) is 17.1. The maximum Gasteiger partial charge on any atom is 0.322 e. The van der Waals surface area contributed by atoms with Gasteiger partial charge in [-0.15, -0.1) is 0 Å². The van der Waals surface area contributed by atoms with Crippen LogP contribution in [0.3, 0.4) is 0 Å². The summed E-state index contributed by atoms with van der Waals surface area (Å²) >= 11 is 4.77. The quantitative estimate of drug-likeness (QED) is 0.454. The smallest absolute Gasteiger partial charge is 0.322 e. The molecule has 0 aliphatic carbocycles. The van der Waals surface area contributed by atoms with Crippen molar-refractivity contribution in [3.05, 3.63) is 28.8 Å². The maximum atomic E-state index is 12.5. The molecule has 22 heavy (non-hydrogen) atoms. The van der Waals surface area contributed by atoms with Gasteiger partial charge in [-0.25, -0.2) is 4.79 Å². The van der Waals surface area contributed by atoms with E-state index in [0.29, 0.717) is 21.2 Å². The van der Waals surface area contributed by atoms with Crippen LogP contribution >= 0.6 is 11.6 Å². The topological polar surface area (TPSA) is 81.3 Å². The first-order valence-electron chi connectivity index (χ1n) is 7.32. The molecule has 120 valence electrons. The van der Waals surface area contributed by atoms with E-state index in [4.69, 9.17) is 11.6 Å². The Hall–Kier alpha value is -1.24. The highest BCUT2D eigenvalue weighted by molar-refractivity contribution is 7.91. The Morgan fingerprint density at radius 2 is 2.05 bits per heavy atom. The third-order valence-corrected chi connectivity index (χ3v) is 5.24. The number of imide groups is 1. The van der Waals surface area contributed by atoms with Crippen LogP contribution in [0.1, 0.15) is 44.2 Å². The second-order valence-corrected chi connectivity index (χ2v) is 7.16. The van der Waals surface area contributed by atoms with Crippen LogP contribution in [0.15, 0.2) is 23.1 Å². The molecule has 0 spiro atoms. The van der Waals surface area contributed by atoms with E-state index >= 15 is 0 Å². The Balaban J connectivity index is 2.17. The molecule has 0 aromatic heterocycles. The molecule has 2 rings (SSSR count). The summed E-state index contributed by atoms with van der Waals surface area (Å²) in [4.78, 5) is 23.7. The zero-order valence-electron chi connectivity index (χ0n) is 12.4. The summed E-state index contributed by atoms with van der Waals surface area (Å²) in [6, 6.07) is 3.54. The van der Waals surface area contributed by atoms with E-state index in [-0.39, 0.29) is 0 Å². The van der Waals surface area contributed by atoms with Gasteiger partial charge in [0, 0.05) is 10.6 Å². The van der Waals surface area contributed by atoms with Crippen molar-refractivity contribution in [3.63, 3.8) is 0 Å². The minimum absolute atomic E-state index is 0.440. The number of benzene rings is 1. The Morgan fingerprint density at radius 3 is 2.68 bits per heavy atom. The highest BCUT2D eigenvalue weighted by Gasteiger charge is 2.35. The van der Waals surface area contributed by atoms with Crippen LogP contribution in [-0.4, -0.2) is 22.2 Å². The number of rotatable bonds is 7. The largest absolute Gasteiger partial charge is 0.611 e. The van der Waals surface area contributed by atoms with Gasteiger partial charge in [-0.2, -0.15) is 0 Å². The number of hydrogen-bond donors (Lipinski definition) is 2. The fraction of sp³-hybridized carbons (Fsp3) is 0.467. The molecule has 1 heterocycles. The van der Waals surface area contributed by atoms with Crippen molar-refractivity contribution in [2.24, 2.45) is 0 Å². The Bertz CT molecular complexity index is 568. The van der Waals surface area contributed by atoms with Gasteiger partial charge < -0.3 is 9.87 Å². The van der Waals surface area contributed by atoms with E-state index in [0.717, 1.165) is 25.7 Å². The van der Waals surface area contributed by atoms with Crippen LogP contribution in [0.2, 0.25) is 5.02 Å². The van der Waals surface area contributed by atoms with E-state index in [1.54, 1.807) is 18.2 Å². The molecule has 7 heteroatoms. The zero-order chi connectivity index (χ0) is 16.1. The van der Waals surface area contributed by atoms with Gasteiger partial charge in [-0.3, -0.25) is 10.1 Å². The zero-order valence-corrected chi connectivity index (χ0v) is 13.9. The number of halogens is 1. The molecular formula is C15H19ClN2O3S. The van der Waals surface area contributed by atoms with Crippen molar-refractivity contribution >= 4 is 34.7 Å². The van der Waals surface area contributed by atoms with Crippen molar-refractivity contribution in [3.8, 4) is 0 Å². The molecule has 2 N–H and O–H groups in total. The van der Waals surface area contributed by atoms with E-state index in [1.165, 1.54) is 0 Å². The Morgan fingerprint density at radius 1 is 1.27 bits per heavy atom. The van der Waals surface area contributed by atoms with Crippen LogP contribution in [0, 0.1) is 0 Å². The van der Waals surface area contributed by atoms with Gasteiger partial charge in [-0.05, 0) is 42.2 Å². The van der Waals surface area contributed by atoms with Gasteiger partial charge in [0.15, 0.2) is 4.90 Å². The third kappa shape index (κ3) is 4.15. The third-order valence-electron chi connectivity index (χ3n) is 3.49. The summed E-state index contributed by atoms with van der Waals surface area (Å²) in [6.45, 7) is 2.12. The van der Waals surface area contributed by atoms with Gasteiger partial charge in [-0.1, -0.05) is 31.4 Å². The average Bonchev–Trinajstić information content (AvgIpc) is 2.82. The first-order valence-corrected chi connectivity index (χ1v) is 9.01. The van der Waals surface area contributed by atoms with Gasteiger partial charge in [0.2, 0.25) is 0 Å². The second kappa shape index (κ2) is 7.85. The molecule has 1 aliphatic heterocycles. The molecule has 1 aliphatic rings. The molecule has 1 aromatic rings. The average molecular weight is 343 g/mol. The highest BCUT2D eigenvalue weighted by Crippen LogP contribution is 2.29. The molecular weight excluding hydrogens is 324 g/mol. The van der Waals surface area contributed by atoms with Crippen LogP contribution in [0.5, 0.6) is 0 Å². The normalized spacial score (nSPS) is 19.0. The van der Waals surface area contributed by atoms with E-state index in [9.17, 15) is 14.1 Å². The summed E-state index contributed by atoms with van der Waals surface area (Å²) in [5, 5.41) is 5.15. The van der Waals surface area contributed by atoms with Crippen LogP contribution in [0.4, 0.5) is 4.79 Å². The minimum Gasteiger partial charge on any atom is -0.611 e. The van der Waals surface area contributed by atoms with Gasteiger partial charge in [0.25, 0.3) is 5.91 Å². The van der Waals surface area contributed by atoms with Crippen molar-refractivity contribution in [1.82, 2.24) is 10.6 Å². The Kier molecular flexibility index (Phi) is 6.11. The minimum atomic E-state index is -1.22. The van der Waals surface area contributed by atoms with Crippen molar-refractivity contribution in [2.45, 2.75) is 43.5 Å². The number of nitrogens with one attached hydrogen (secondary N) is 2. The predicted octanol–water partition coefficient (Wildman–Crippen LogP) is 2.91. The lowest BCUT2D eigenvalue weighted by Gasteiger charge is -2.17. The molecule has 1 fully saturated rings. The molecule has 2 unspecified atom stereocenters. The monoisotopic (exact) mass is 342 g/mol. The number of amides is 3. The SMILES string of the molecule is CCCCCC[S+]([O-])c1ccc(Cl)cc1C1NC(=O)NC1=O. The molecule has 3 amide bonds. The van der Waals surface area contributed by atoms with Gasteiger partial charge in [0.1, 0.15) is 11.8 Å². The molecule has 1 aromatic carbocycles. The lowest BCUT2D eigenvalue weighted by molar-refractivity contribution is -0.120. The number of unbranched alkanes of at least 4 members (excludes halogenated alkanes) is 3. The second-order valence-electron chi connectivity index (χ2n) is 5.19. The van der Waals surface area contributed by atoms with Crippen LogP contribution < -0.4 is 10.6 Å².